The monoisotopic (exact) mass is 406 g/mol. The van der Waals surface area contributed by atoms with Gasteiger partial charge in [0, 0.05) is 0 Å². The molecule has 0 aliphatic rings. The summed E-state index contributed by atoms with van der Waals surface area (Å²) in [4.78, 5) is 18.8. The number of hydrogen-bond acceptors (Lipinski definition) is 3. The van der Waals surface area contributed by atoms with Crippen LogP contribution in [0.2, 0.25) is 0 Å². The van der Waals surface area contributed by atoms with E-state index in [0.717, 1.165) is 35.9 Å². The molecule has 0 aliphatic carbocycles. The van der Waals surface area contributed by atoms with Gasteiger partial charge in [0.05, 0.1) is 40.3 Å². The Hall–Kier alpha value is -1.43. The molecule has 5 heteroatoms. The normalized spacial score (nSPS) is 12.7. The first-order valence-corrected chi connectivity index (χ1v) is 11.4. The highest BCUT2D eigenvalue weighted by Crippen LogP contribution is 2.12. The lowest BCUT2D eigenvalue weighted by atomic mass is 10.0. The fraction of sp³-hybridized carbons (Fsp3) is 0.708. The van der Waals surface area contributed by atoms with Crippen molar-refractivity contribution in [2.75, 3.05) is 34.2 Å². The summed E-state index contributed by atoms with van der Waals surface area (Å²) in [5.74, 6) is -0.0997. The predicted octanol–water partition coefficient (Wildman–Crippen LogP) is 4.51. The zero-order chi connectivity index (χ0) is 21.5. The molecule has 5 nitrogen and oxygen atoms in total. The first-order chi connectivity index (χ1) is 13.8. The predicted molar refractivity (Wildman–Crippen MR) is 121 cm³/mol. The number of nitrogens with zero attached hydrogens (tertiary/aromatic N) is 2. The number of rotatable bonds is 16. The molecule has 1 amide bonds. The van der Waals surface area contributed by atoms with E-state index in [1.165, 1.54) is 43.6 Å². The second kappa shape index (κ2) is 14.5. The fourth-order valence-corrected chi connectivity index (χ4v) is 3.16. The Morgan fingerprint density at radius 2 is 1.59 bits per heavy atom. The molecular formula is C24H44N3O2+. The fourth-order valence-electron chi connectivity index (χ4n) is 3.16. The van der Waals surface area contributed by atoms with Crippen molar-refractivity contribution in [1.29, 1.82) is 0 Å². The Bertz CT molecular complexity index is 543. The van der Waals surface area contributed by atoms with E-state index in [1.807, 2.05) is 30.3 Å². The van der Waals surface area contributed by atoms with Crippen LogP contribution in [-0.4, -0.2) is 55.7 Å². The van der Waals surface area contributed by atoms with Gasteiger partial charge in [0.1, 0.15) is 6.61 Å². The Labute approximate surface area is 178 Å². The molecule has 0 bridgehead atoms. The number of quaternary nitrogens is 1. The van der Waals surface area contributed by atoms with Gasteiger partial charge < -0.3 is 10.2 Å². The summed E-state index contributed by atoms with van der Waals surface area (Å²) in [7, 11) is 6.33. The second-order valence-electron chi connectivity index (χ2n) is 9.08. The molecule has 1 aromatic rings. The smallest absolute Gasteiger partial charge is 0.263 e. The molecule has 0 aliphatic heterocycles. The minimum absolute atomic E-state index is 0.0997. The van der Waals surface area contributed by atoms with Crippen LogP contribution in [0.3, 0.4) is 0 Å². The quantitative estimate of drug-likeness (QED) is 0.250. The Morgan fingerprint density at radius 1 is 1.00 bits per heavy atom. The molecule has 0 saturated heterocycles. The molecule has 0 fully saturated rings. The molecule has 1 rings (SSSR count). The van der Waals surface area contributed by atoms with Crippen LogP contribution >= 0.6 is 0 Å². The average Bonchev–Trinajstić information content (AvgIpc) is 2.69. The highest BCUT2D eigenvalue weighted by Gasteiger charge is 2.23. The minimum Gasteiger partial charge on any atom is -0.329 e. The molecule has 0 heterocycles. The van der Waals surface area contributed by atoms with Crippen molar-refractivity contribution < 1.29 is 14.1 Å². The van der Waals surface area contributed by atoms with E-state index in [1.54, 1.807) is 0 Å². The first-order valence-electron chi connectivity index (χ1n) is 11.4. The number of nitrogens with two attached hydrogens (primary N) is 1. The molecule has 0 saturated carbocycles. The van der Waals surface area contributed by atoms with Gasteiger partial charge in [-0.3, -0.25) is 9.63 Å². The van der Waals surface area contributed by atoms with Gasteiger partial charge in [-0.1, -0.05) is 88.6 Å². The van der Waals surface area contributed by atoms with E-state index in [2.05, 4.69) is 28.1 Å². The van der Waals surface area contributed by atoms with E-state index >= 15 is 0 Å². The second-order valence-corrected chi connectivity index (χ2v) is 9.08. The Kier molecular flexibility index (Phi) is 12.8. The summed E-state index contributed by atoms with van der Waals surface area (Å²) in [5.41, 5.74) is 7.28. The number of hydrogen-bond donors (Lipinski definition) is 1. The number of hydroxylamine groups is 2. The van der Waals surface area contributed by atoms with Gasteiger partial charge in [-0.25, -0.2) is 5.06 Å². The molecule has 0 aromatic heterocycles. The van der Waals surface area contributed by atoms with Crippen molar-refractivity contribution in [3.63, 3.8) is 0 Å². The third-order valence-corrected chi connectivity index (χ3v) is 5.14. The average molecular weight is 407 g/mol. The molecule has 29 heavy (non-hydrogen) atoms. The van der Waals surface area contributed by atoms with E-state index < -0.39 is 6.04 Å². The van der Waals surface area contributed by atoms with Crippen molar-refractivity contribution in [2.24, 2.45) is 5.73 Å². The summed E-state index contributed by atoms with van der Waals surface area (Å²) in [6.07, 6.45) is 10.7. The lowest BCUT2D eigenvalue weighted by molar-refractivity contribution is -0.870. The van der Waals surface area contributed by atoms with Crippen molar-refractivity contribution in [2.45, 2.75) is 77.4 Å². The molecule has 1 aromatic carbocycles. The van der Waals surface area contributed by atoms with Gasteiger partial charge in [0.15, 0.2) is 0 Å². The maximum atomic E-state index is 12.9. The van der Waals surface area contributed by atoms with Crippen molar-refractivity contribution in [3.05, 3.63) is 35.9 Å². The largest absolute Gasteiger partial charge is 0.329 e. The Balaban J connectivity index is 2.42. The molecule has 1 atom stereocenters. The number of unbranched alkanes of at least 4 members (excludes halogenated alkanes) is 7. The van der Waals surface area contributed by atoms with Crippen LogP contribution in [0.5, 0.6) is 0 Å². The first kappa shape index (κ1) is 25.6. The van der Waals surface area contributed by atoms with Crippen LogP contribution in [0.4, 0.5) is 0 Å². The van der Waals surface area contributed by atoms with Crippen LogP contribution in [-0.2, 0) is 16.2 Å². The molecule has 0 spiro atoms. The highest BCUT2D eigenvalue weighted by atomic mass is 16.7. The maximum Gasteiger partial charge on any atom is 0.263 e. The summed E-state index contributed by atoms with van der Waals surface area (Å²) in [6, 6.07) is 9.45. The van der Waals surface area contributed by atoms with Crippen molar-refractivity contribution in [1.82, 2.24) is 5.06 Å². The zero-order valence-corrected chi connectivity index (χ0v) is 19.2. The topological polar surface area (TPSA) is 55.6 Å². The molecule has 1 unspecified atom stereocenters. The molecule has 0 radical (unpaired) electrons. The van der Waals surface area contributed by atoms with Crippen LogP contribution in [0.1, 0.15) is 70.3 Å². The lowest BCUT2D eigenvalue weighted by Gasteiger charge is -2.29. The zero-order valence-electron chi connectivity index (χ0n) is 19.2. The molecular weight excluding hydrogens is 362 g/mol. The lowest BCUT2D eigenvalue weighted by Crippen LogP contribution is -2.48. The van der Waals surface area contributed by atoms with E-state index in [-0.39, 0.29) is 5.91 Å². The van der Waals surface area contributed by atoms with E-state index in [4.69, 9.17) is 10.6 Å². The molecule has 2 N–H and O–H groups in total. The van der Waals surface area contributed by atoms with Gasteiger partial charge in [0.25, 0.3) is 5.91 Å². The third kappa shape index (κ3) is 12.7. The SMILES string of the molecule is CCCCCCCCCCC(N)C(=O)N(CC[N+](C)(C)C)OCc1ccccc1. The summed E-state index contributed by atoms with van der Waals surface area (Å²) >= 11 is 0. The highest BCUT2D eigenvalue weighted by molar-refractivity contribution is 5.80. The summed E-state index contributed by atoms with van der Waals surface area (Å²) in [5, 5.41) is 1.49. The summed E-state index contributed by atoms with van der Waals surface area (Å²) in [6.45, 7) is 3.98. The van der Waals surface area contributed by atoms with Gasteiger partial charge in [-0.05, 0) is 12.0 Å². The van der Waals surface area contributed by atoms with Crippen LogP contribution in [0.25, 0.3) is 0 Å². The third-order valence-electron chi connectivity index (χ3n) is 5.14. The van der Waals surface area contributed by atoms with Crippen LogP contribution < -0.4 is 5.73 Å². The maximum absolute atomic E-state index is 12.9. The van der Waals surface area contributed by atoms with E-state index in [9.17, 15) is 4.79 Å². The Morgan fingerprint density at radius 3 is 2.17 bits per heavy atom. The summed E-state index contributed by atoms with van der Waals surface area (Å²) < 4.78 is 0.770. The van der Waals surface area contributed by atoms with Crippen molar-refractivity contribution in [3.8, 4) is 0 Å². The number of amides is 1. The number of likely N-dealkylation sites (N-methyl/N-ethyl adjacent to an activating group) is 1. The molecule has 166 valence electrons. The number of carbonyl (C=O) groups excluding carboxylic acids is 1. The van der Waals surface area contributed by atoms with Gasteiger partial charge in [0.2, 0.25) is 0 Å². The van der Waals surface area contributed by atoms with Gasteiger partial charge in [-0.2, -0.15) is 0 Å². The standard InChI is InChI=1S/C24H44N3O2/c1-5-6-7-8-9-10-11-15-18-23(25)24(28)26(19-20-27(2,3)4)29-21-22-16-13-12-14-17-22/h12-14,16-17,23H,5-11,15,18-21,25H2,1-4H3/q+1. The number of carbonyl (C=O) groups is 1. The van der Waals surface area contributed by atoms with Crippen molar-refractivity contribution >= 4 is 5.91 Å². The number of benzene rings is 1. The van der Waals surface area contributed by atoms with Crippen LogP contribution in [0, 0.1) is 0 Å². The van der Waals surface area contributed by atoms with Crippen LogP contribution in [0.15, 0.2) is 30.3 Å². The minimum atomic E-state index is -0.488. The van der Waals surface area contributed by atoms with Gasteiger partial charge >= 0.3 is 0 Å². The van der Waals surface area contributed by atoms with E-state index in [0.29, 0.717) is 13.2 Å². The van der Waals surface area contributed by atoms with Gasteiger partial charge in [-0.15, -0.1) is 0 Å².